The third-order valence-corrected chi connectivity index (χ3v) is 4.54. The molecule has 1 atom stereocenters. The molecule has 1 saturated carbocycles. The maximum Gasteiger partial charge on any atom is 0.191 e. The van der Waals surface area contributed by atoms with Crippen LogP contribution in [0.15, 0.2) is 27.8 Å². The molecule has 1 fully saturated rings. The Labute approximate surface area is 134 Å². The lowest BCUT2D eigenvalue weighted by atomic mass is 9.87. The monoisotopic (exact) mass is 306 g/mol. The molecule has 0 bridgehead atoms. The van der Waals surface area contributed by atoms with Crippen molar-refractivity contribution in [2.45, 2.75) is 44.7 Å². The number of rotatable bonds is 5. The number of guanidine groups is 1. The van der Waals surface area contributed by atoms with Gasteiger partial charge in [0.2, 0.25) is 0 Å². The van der Waals surface area contributed by atoms with Gasteiger partial charge in [0, 0.05) is 19.6 Å². The molecule has 5 heteroatoms. The molecule has 1 heterocycles. The SMILES string of the molecule is CN=C(NCC(c1ccco1)N(C)C)NC1CCC(C)CC1. The minimum absolute atomic E-state index is 0.194. The van der Waals surface area contributed by atoms with E-state index in [2.05, 4.69) is 41.5 Å². The summed E-state index contributed by atoms with van der Waals surface area (Å²) < 4.78 is 5.54. The molecule has 2 N–H and O–H groups in total. The Kier molecular flexibility index (Phi) is 6.31. The molecular formula is C17H30N4O. The van der Waals surface area contributed by atoms with Crippen LogP contribution in [0.4, 0.5) is 0 Å². The molecule has 1 aromatic heterocycles. The second-order valence-corrected chi connectivity index (χ2v) is 6.55. The lowest BCUT2D eigenvalue weighted by Crippen LogP contribution is -2.46. The summed E-state index contributed by atoms with van der Waals surface area (Å²) in [7, 11) is 5.96. The van der Waals surface area contributed by atoms with Crippen molar-refractivity contribution in [3.63, 3.8) is 0 Å². The van der Waals surface area contributed by atoms with Crippen LogP contribution < -0.4 is 10.6 Å². The molecule has 0 aliphatic heterocycles. The van der Waals surface area contributed by atoms with E-state index in [1.807, 2.05) is 19.2 Å². The van der Waals surface area contributed by atoms with E-state index in [-0.39, 0.29) is 6.04 Å². The van der Waals surface area contributed by atoms with Crippen LogP contribution in [-0.2, 0) is 0 Å². The highest BCUT2D eigenvalue weighted by Crippen LogP contribution is 2.23. The van der Waals surface area contributed by atoms with Crippen LogP contribution in [0.3, 0.4) is 0 Å². The van der Waals surface area contributed by atoms with Gasteiger partial charge in [-0.1, -0.05) is 6.92 Å². The average Bonchev–Trinajstić information content (AvgIpc) is 3.02. The van der Waals surface area contributed by atoms with E-state index >= 15 is 0 Å². The molecule has 1 aromatic rings. The second-order valence-electron chi connectivity index (χ2n) is 6.55. The molecule has 0 radical (unpaired) electrons. The normalized spacial score (nSPS) is 24.3. The maximum absolute atomic E-state index is 5.54. The zero-order valence-electron chi connectivity index (χ0n) is 14.3. The lowest BCUT2D eigenvalue weighted by Gasteiger charge is -2.29. The Balaban J connectivity index is 1.85. The first kappa shape index (κ1) is 16.9. The molecular weight excluding hydrogens is 276 g/mol. The lowest BCUT2D eigenvalue weighted by molar-refractivity contribution is 0.257. The van der Waals surface area contributed by atoms with Crippen molar-refractivity contribution in [2.75, 3.05) is 27.7 Å². The molecule has 1 aliphatic carbocycles. The topological polar surface area (TPSA) is 52.8 Å². The van der Waals surface area contributed by atoms with Crippen LogP contribution in [0, 0.1) is 5.92 Å². The fourth-order valence-electron chi connectivity index (χ4n) is 3.00. The van der Waals surface area contributed by atoms with E-state index in [0.29, 0.717) is 6.04 Å². The van der Waals surface area contributed by atoms with Crippen molar-refractivity contribution in [2.24, 2.45) is 10.9 Å². The van der Waals surface area contributed by atoms with Gasteiger partial charge in [-0.15, -0.1) is 0 Å². The van der Waals surface area contributed by atoms with E-state index in [1.165, 1.54) is 25.7 Å². The van der Waals surface area contributed by atoms with Crippen molar-refractivity contribution in [1.82, 2.24) is 15.5 Å². The summed E-state index contributed by atoms with van der Waals surface area (Å²) in [6.07, 6.45) is 6.80. The van der Waals surface area contributed by atoms with Crippen LogP contribution in [0.25, 0.3) is 0 Å². The van der Waals surface area contributed by atoms with E-state index in [1.54, 1.807) is 6.26 Å². The van der Waals surface area contributed by atoms with Crippen LogP contribution in [0.2, 0.25) is 0 Å². The zero-order valence-corrected chi connectivity index (χ0v) is 14.3. The van der Waals surface area contributed by atoms with E-state index < -0.39 is 0 Å². The number of nitrogens with zero attached hydrogens (tertiary/aromatic N) is 2. The number of nitrogens with one attached hydrogen (secondary N) is 2. The maximum atomic E-state index is 5.54. The molecule has 0 amide bonds. The number of likely N-dealkylation sites (N-methyl/N-ethyl adjacent to an activating group) is 1. The molecule has 0 aromatic carbocycles. The van der Waals surface area contributed by atoms with Crippen molar-refractivity contribution in [1.29, 1.82) is 0 Å². The summed E-state index contributed by atoms with van der Waals surface area (Å²) in [5.74, 6) is 2.72. The van der Waals surface area contributed by atoms with Crippen molar-refractivity contribution in [3.05, 3.63) is 24.2 Å². The molecule has 22 heavy (non-hydrogen) atoms. The Morgan fingerprint density at radius 1 is 1.36 bits per heavy atom. The molecule has 0 spiro atoms. The Morgan fingerprint density at radius 3 is 2.64 bits per heavy atom. The van der Waals surface area contributed by atoms with Gasteiger partial charge in [0.1, 0.15) is 5.76 Å². The van der Waals surface area contributed by atoms with Crippen LogP contribution in [-0.4, -0.2) is 44.6 Å². The van der Waals surface area contributed by atoms with Gasteiger partial charge < -0.3 is 15.1 Å². The van der Waals surface area contributed by atoms with Crippen molar-refractivity contribution in [3.8, 4) is 0 Å². The fourth-order valence-corrected chi connectivity index (χ4v) is 3.00. The van der Waals surface area contributed by atoms with Crippen molar-refractivity contribution >= 4 is 5.96 Å². The fraction of sp³-hybridized carbons (Fsp3) is 0.706. The summed E-state index contributed by atoms with van der Waals surface area (Å²) in [6, 6.07) is 4.69. The largest absolute Gasteiger partial charge is 0.468 e. The zero-order chi connectivity index (χ0) is 15.9. The van der Waals surface area contributed by atoms with Gasteiger partial charge >= 0.3 is 0 Å². The smallest absolute Gasteiger partial charge is 0.191 e. The number of furan rings is 1. The van der Waals surface area contributed by atoms with Gasteiger partial charge in [-0.2, -0.15) is 0 Å². The van der Waals surface area contributed by atoms with Gasteiger partial charge in [-0.05, 0) is 57.8 Å². The Bertz CT molecular complexity index is 447. The van der Waals surface area contributed by atoms with Gasteiger partial charge in [0.05, 0.1) is 12.3 Å². The molecule has 1 aliphatic rings. The van der Waals surface area contributed by atoms with E-state index in [4.69, 9.17) is 4.42 Å². The van der Waals surface area contributed by atoms with Crippen LogP contribution in [0.1, 0.15) is 44.4 Å². The highest BCUT2D eigenvalue weighted by Gasteiger charge is 2.20. The highest BCUT2D eigenvalue weighted by molar-refractivity contribution is 5.80. The average molecular weight is 306 g/mol. The summed E-state index contributed by atoms with van der Waals surface area (Å²) in [5.41, 5.74) is 0. The van der Waals surface area contributed by atoms with E-state index in [0.717, 1.165) is 24.2 Å². The Hall–Kier alpha value is -1.49. The summed E-state index contributed by atoms with van der Waals surface area (Å²) in [4.78, 5) is 6.51. The third kappa shape index (κ3) is 4.77. The number of hydrogen-bond donors (Lipinski definition) is 2. The van der Waals surface area contributed by atoms with Gasteiger partial charge in [-0.3, -0.25) is 9.89 Å². The molecule has 0 saturated heterocycles. The number of aliphatic imine (C=N–C) groups is 1. The third-order valence-electron chi connectivity index (χ3n) is 4.54. The molecule has 2 rings (SSSR count). The summed E-state index contributed by atoms with van der Waals surface area (Å²) >= 11 is 0. The number of hydrogen-bond acceptors (Lipinski definition) is 3. The first-order valence-corrected chi connectivity index (χ1v) is 8.27. The molecule has 1 unspecified atom stereocenters. The minimum Gasteiger partial charge on any atom is -0.468 e. The van der Waals surface area contributed by atoms with Crippen LogP contribution in [0.5, 0.6) is 0 Å². The van der Waals surface area contributed by atoms with Gasteiger partial charge in [0.15, 0.2) is 5.96 Å². The summed E-state index contributed by atoms with van der Waals surface area (Å²) in [6.45, 7) is 3.11. The summed E-state index contributed by atoms with van der Waals surface area (Å²) in [5, 5.41) is 6.99. The van der Waals surface area contributed by atoms with Crippen molar-refractivity contribution < 1.29 is 4.42 Å². The standard InChI is InChI=1S/C17H30N4O/c1-13-7-9-14(10-8-13)20-17(18-2)19-12-15(21(3)4)16-6-5-11-22-16/h5-6,11,13-15H,7-10,12H2,1-4H3,(H2,18,19,20). The quantitative estimate of drug-likeness (QED) is 0.648. The minimum atomic E-state index is 0.194. The predicted octanol–water partition coefficient (Wildman–Crippen LogP) is 2.63. The van der Waals surface area contributed by atoms with Gasteiger partial charge in [-0.25, -0.2) is 0 Å². The Morgan fingerprint density at radius 2 is 2.09 bits per heavy atom. The predicted molar refractivity (Wildman–Crippen MR) is 91.1 cm³/mol. The second kappa shape index (κ2) is 8.22. The highest BCUT2D eigenvalue weighted by atomic mass is 16.3. The first-order chi connectivity index (χ1) is 10.6. The first-order valence-electron chi connectivity index (χ1n) is 8.27. The van der Waals surface area contributed by atoms with E-state index in [9.17, 15) is 0 Å². The van der Waals surface area contributed by atoms with Crippen LogP contribution >= 0.6 is 0 Å². The molecule has 5 nitrogen and oxygen atoms in total. The van der Waals surface area contributed by atoms with Gasteiger partial charge in [0.25, 0.3) is 0 Å². The molecule has 124 valence electrons.